The second kappa shape index (κ2) is 12.6. The van der Waals surface area contributed by atoms with Crippen molar-refractivity contribution in [1.82, 2.24) is 0 Å². The van der Waals surface area contributed by atoms with Gasteiger partial charge in [0.25, 0.3) is 0 Å². The quantitative estimate of drug-likeness (QED) is 0.360. The van der Waals surface area contributed by atoms with Crippen molar-refractivity contribution in [3.8, 4) is 0 Å². The first-order valence-corrected chi connectivity index (χ1v) is 12.7. The van der Waals surface area contributed by atoms with E-state index >= 15 is 0 Å². The third kappa shape index (κ3) is 8.02. The maximum Gasteiger partial charge on any atom is -0.0771 e. The minimum absolute atomic E-state index is 0. The first kappa shape index (κ1) is 24.3. The molecule has 0 radical (unpaired) electrons. The van der Waals surface area contributed by atoms with Gasteiger partial charge in [0, 0.05) is 0 Å². The van der Waals surface area contributed by atoms with E-state index < -0.39 is 0 Å². The van der Waals surface area contributed by atoms with Gasteiger partial charge < -0.3 is 24.8 Å². The molecule has 0 amide bonds. The minimum atomic E-state index is 0. The standard InChI is InChI=1S/C13H9.C6H7.C2H6Si.2ClH.Ti/c1-3-7-12-10(5-1)9-11-6-2-4-8-13(11)12;1-6-4-2-3-5-6;1-3-2;;;/h1-9H;2,4H,3H2,1H3;1-2H3;2*1H;/q2*-1;;;;+2/p-2. The molecule has 3 aromatic rings. The Kier molecular flexibility index (Phi) is 12.3. The second-order valence-electron chi connectivity index (χ2n) is 5.79. The number of allylic oxidation sites excluding steroid dienone is 4. The zero-order chi connectivity index (χ0) is 16.7. The van der Waals surface area contributed by atoms with Crippen LogP contribution in [0.2, 0.25) is 13.1 Å². The first-order chi connectivity index (χ1) is 11.1. The molecular weight excluding hydrogens is 399 g/mol. The number of rotatable bonds is 0. The Morgan fingerprint density at radius 3 is 1.68 bits per heavy atom. The van der Waals surface area contributed by atoms with E-state index in [1.54, 1.807) is 0 Å². The summed E-state index contributed by atoms with van der Waals surface area (Å²) >= 11 is 2.27. The van der Waals surface area contributed by atoms with Crippen LogP contribution in [0.5, 0.6) is 0 Å². The van der Waals surface area contributed by atoms with Crippen LogP contribution >= 0.6 is 0 Å². The molecule has 0 nitrogen and oxygen atoms in total. The normalized spacial score (nSPS) is 11.3. The molecule has 1 aliphatic carbocycles. The number of fused-ring (bicyclic) bond motifs is 3. The van der Waals surface area contributed by atoms with Crippen molar-refractivity contribution in [3.63, 3.8) is 0 Å². The molecule has 0 unspecified atom stereocenters. The molecule has 0 saturated carbocycles. The molecule has 0 fully saturated rings. The second-order valence-corrected chi connectivity index (χ2v) is 12.5. The summed E-state index contributed by atoms with van der Waals surface area (Å²) in [7, 11) is 0. The number of benzene rings is 2. The monoisotopic (exact) mass is 420 g/mol. The summed E-state index contributed by atoms with van der Waals surface area (Å²) in [5.41, 5.74) is 1.27. The van der Waals surface area contributed by atoms with Crippen molar-refractivity contribution in [2.45, 2.75) is 26.4 Å². The molecule has 0 spiro atoms. The van der Waals surface area contributed by atoms with E-state index in [-0.39, 0.29) is 31.0 Å². The van der Waals surface area contributed by atoms with Crippen LogP contribution in [0.1, 0.15) is 13.3 Å². The van der Waals surface area contributed by atoms with Crippen LogP contribution in [-0.2, 0) is 19.2 Å². The molecule has 0 aliphatic heterocycles. The maximum absolute atomic E-state index is 3.12. The zero-order valence-corrected chi connectivity index (χ0v) is 18.9. The van der Waals surface area contributed by atoms with E-state index in [0.29, 0.717) is 0 Å². The summed E-state index contributed by atoms with van der Waals surface area (Å²) in [6.07, 6.45) is 8.45. The molecule has 0 bridgehead atoms. The van der Waals surface area contributed by atoms with Crippen LogP contribution in [0.15, 0.2) is 72.3 Å². The summed E-state index contributed by atoms with van der Waals surface area (Å²) in [6.45, 7) is 6.60. The molecular formula is C21H22Cl2SiTi-2. The molecule has 25 heavy (non-hydrogen) atoms. The maximum atomic E-state index is 3.12. The molecule has 0 atom stereocenters. The Bertz CT molecular complexity index is 805. The average Bonchev–Trinajstić information content (AvgIpc) is 3.13. The predicted octanol–water partition coefficient (Wildman–Crippen LogP) is 0.200. The molecule has 130 valence electrons. The largest absolute Gasteiger partial charge is 1.00 e. The smallest absolute Gasteiger partial charge is 0.0771 e. The van der Waals surface area contributed by atoms with Gasteiger partial charge in [0.15, 0.2) is 0 Å². The van der Waals surface area contributed by atoms with E-state index in [2.05, 4.69) is 112 Å². The molecule has 1 aliphatic rings. The van der Waals surface area contributed by atoms with Crippen LogP contribution in [-0.4, -0.2) is 6.19 Å². The van der Waals surface area contributed by atoms with Gasteiger partial charge in [-0.05, 0) is 0 Å². The summed E-state index contributed by atoms with van der Waals surface area (Å²) in [5, 5.41) is 5.39. The van der Waals surface area contributed by atoms with Gasteiger partial charge in [0.05, 0.1) is 0 Å². The van der Waals surface area contributed by atoms with Crippen molar-refractivity contribution >= 4 is 27.7 Å². The molecule has 3 aromatic carbocycles. The van der Waals surface area contributed by atoms with Crippen LogP contribution in [0, 0.1) is 6.08 Å². The summed E-state index contributed by atoms with van der Waals surface area (Å²) in [6, 6.07) is 19.3. The van der Waals surface area contributed by atoms with Crippen LogP contribution in [0.25, 0.3) is 21.5 Å². The molecule has 0 aromatic heterocycles. The van der Waals surface area contributed by atoms with Crippen molar-refractivity contribution in [2.75, 3.05) is 0 Å². The Balaban J connectivity index is 0.000000410. The van der Waals surface area contributed by atoms with Crippen molar-refractivity contribution in [1.29, 1.82) is 0 Å². The Morgan fingerprint density at radius 2 is 1.36 bits per heavy atom. The Morgan fingerprint density at radius 1 is 0.920 bits per heavy atom. The number of hydrogen-bond acceptors (Lipinski definition) is 0. The first-order valence-electron chi connectivity index (χ1n) is 7.87. The van der Waals surface area contributed by atoms with Gasteiger partial charge in [0.1, 0.15) is 0 Å². The Hall–Kier alpha value is -0.699. The fraction of sp³-hybridized carbons (Fsp3) is 0.190. The van der Waals surface area contributed by atoms with Gasteiger partial charge in [0.2, 0.25) is 0 Å². The minimum Gasteiger partial charge on any atom is -1.00 e. The van der Waals surface area contributed by atoms with E-state index in [4.69, 9.17) is 0 Å². The topological polar surface area (TPSA) is 0 Å². The van der Waals surface area contributed by atoms with Gasteiger partial charge >= 0.3 is 38.5 Å². The predicted molar refractivity (Wildman–Crippen MR) is 101 cm³/mol. The van der Waals surface area contributed by atoms with Crippen molar-refractivity contribution in [3.05, 3.63) is 78.4 Å². The summed E-state index contributed by atoms with van der Waals surface area (Å²) < 4.78 is 0. The third-order valence-corrected chi connectivity index (χ3v) is 3.39. The van der Waals surface area contributed by atoms with Gasteiger partial charge in [-0.2, -0.15) is 6.08 Å². The zero-order valence-electron chi connectivity index (χ0n) is 14.8. The van der Waals surface area contributed by atoms with Crippen molar-refractivity contribution < 1.29 is 44.0 Å². The van der Waals surface area contributed by atoms with Crippen LogP contribution in [0.4, 0.5) is 0 Å². The van der Waals surface area contributed by atoms with Crippen LogP contribution < -0.4 is 24.8 Å². The number of halogens is 2. The Labute approximate surface area is 175 Å². The van der Waals surface area contributed by atoms with Gasteiger partial charge in [-0.25, -0.2) is 11.6 Å². The van der Waals surface area contributed by atoms with Crippen molar-refractivity contribution in [2.24, 2.45) is 0 Å². The summed E-state index contributed by atoms with van der Waals surface area (Å²) in [4.78, 5) is 0. The SMILES string of the molecule is CC1=[C-]CC=C1.C[Si](C)=[Ti+2].[Cl-].[Cl-].c1ccc2c(c1)[cH-]c1ccccc12. The van der Waals surface area contributed by atoms with E-state index in [1.165, 1.54) is 27.1 Å². The van der Waals surface area contributed by atoms with Gasteiger partial charge in [-0.3, -0.25) is 6.08 Å². The fourth-order valence-electron chi connectivity index (χ4n) is 2.42. The van der Waals surface area contributed by atoms with E-state index in [0.717, 1.165) is 6.42 Å². The molecule has 0 N–H and O–H groups in total. The van der Waals surface area contributed by atoms with E-state index in [9.17, 15) is 0 Å². The van der Waals surface area contributed by atoms with Crippen LogP contribution in [0.3, 0.4) is 0 Å². The molecule has 0 saturated heterocycles. The fourth-order valence-corrected chi connectivity index (χ4v) is 2.42. The molecule has 4 heteroatoms. The summed E-state index contributed by atoms with van der Waals surface area (Å²) in [5.74, 6) is 0. The van der Waals surface area contributed by atoms with Gasteiger partial charge in [-0.1, -0.05) is 43.3 Å². The molecule has 0 heterocycles. The van der Waals surface area contributed by atoms with E-state index in [1.807, 2.05) is 0 Å². The average molecular weight is 421 g/mol. The third-order valence-electron chi connectivity index (χ3n) is 3.39. The van der Waals surface area contributed by atoms with Gasteiger partial charge in [-0.15, -0.1) is 46.2 Å². The number of hydrogen-bond donors (Lipinski definition) is 0. The molecule has 4 rings (SSSR count).